The van der Waals surface area contributed by atoms with Crippen LogP contribution in [0.25, 0.3) is 0 Å². The van der Waals surface area contributed by atoms with E-state index < -0.39 is 0 Å². The Morgan fingerprint density at radius 3 is 2.53 bits per heavy atom. The zero-order valence-corrected chi connectivity index (χ0v) is 11.9. The molecule has 104 valence electrons. The van der Waals surface area contributed by atoms with Crippen molar-refractivity contribution >= 4 is 5.69 Å². The average Bonchev–Trinajstić information content (AvgIpc) is 2.64. The first-order chi connectivity index (χ1) is 9.19. The second-order valence-corrected chi connectivity index (χ2v) is 6.06. The molecule has 2 aliphatic rings. The predicted octanol–water partition coefficient (Wildman–Crippen LogP) is 2.21. The van der Waals surface area contributed by atoms with Crippen LogP contribution in [0, 0.1) is 6.92 Å². The van der Waals surface area contributed by atoms with Crippen LogP contribution in [0.1, 0.15) is 36.8 Å². The van der Waals surface area contributed by atoms with Crippen molar-refractivity contribution < 1.29 is 5.11 Å². The summed E-state index contributed by atoms with van der Waals surface area (Å²) in [5.74, 6) is 0. The Morgan fingerprint density at radius 1 is 1.26 bits per heavy atom. The lowest BCUT2D eigenvalue weighted by molar-refractivity contribution is 0.126. The third kappa shape index (κ3) is 2.37. The van der Waals surface area contributed by atoms with Gasteiger partial charge in [-0.25, -0.2) is 0 Å². The lowest BCUT2D eigenvalue weighted by atomic mass is 9.98. The molecular formula is C16H24N2O. The highest BCUT2D eigenvalue weighted by atomic mass is 16.3. The fourth-order valence-electron chi connectivity index (χ4n) is 3.80. The van der Waals surface area contributed by atoms with E-state index >= 15 is 0 Å². The highest BCUT2D eigenvalue weighted by Crippen LogP contribution is 2.39. The Bertz CT molecular complexity index is 446. The van der Waals surface area contributed by atoms with Crippen molar-refractivity contribution in [2.45, 2.75) is 57.3 Å². The normalized spacial score (nSPS) is 29.8. The number of aliphatic hydroxyl groups is 1. The van der Waals surface area contributed by atoms with Gasteiger partial charge in [-0.3, -0.25) is 0 Å². The van der Waals surface area contributed by atoms with Gasteiger partial charge < -0.3 is 15.3 Å². The van der Waals surface area contributed by atoms with Crippen molar-refractivity contribution in [3.63, 3.8) is 0 Å². The first-order valence-corrected chi connectivity index (χ1v) is 7.39. The minimum absolute atomic E-state index is 0.0848. The molecule has 2 N–H and O–H groups in total. The Balaban J connectivity index is 1.85. The van der Waals surface area contributed by atoms with Gasteiger partial charge in [0.05, 0.1) is 6.10 Å². The Labute approximate surface area is 115 Å². The summed E-state index contributed by atoms with van der Waals surface area (Å²) < 4.78 is 0. The zero-order chi connectivity index (χ0) is 13.4. The van der Waals surface area contributed by atoms with Crippen molar-refractivity contribution in [2.75, 3.05) is 11.9 Å². The Kier molecular flexibility index (Phi) is 3.50. The zero-order valence-electron chi connectivity index (χ0n) is 11.9. The van der Waals surface area contributed by atoms with Gasteiger partial charge in [0.1, 0.15) is 0 Å². The molecule has 2 heterocycles. The molecule has 1 aromatic carbocycles. The number of aliphatic hydroxyl groups excluding tert-OH is 1. The Morgan fingerprint density at radius 2 is 1.95 bits per heavy atom. The highest BCUT2D eigenvalue weighted by molar-refractivity contribution is 5.54. The van der Waals surface area contributed by atoms with Gasteiger partial charge in [-0.15, -0.1) is 0 Å². The van der Waals surface area contributed by atoms with E-state index in [2.05, 4.69) is 35.3 Å². The van der Waals surface area contributed by atoms with Gasteiger partial charge in [0.15, 0.2) is 0 Å². The summed E-state index contributed by atoms with van der Waals surface area (Å²) in [6.07, 6.45) is 4.26. The lowest BCUT2D eigenvalue weighted by Crippen LogP contribution is -2.44. The van der Waals surface area contributed by atoms with Crippen LogP contribution in [0.5, 0.6) is 0 Å². The van der Waals surface area contributed by atoms with Gasteiger partial charge in [0.25, 0.3) is 0 Å². The van der Waals surface area contributed by atoms with Crippen LogP contribution in [-0.4, -0.2) is 30.3 Å². The number of hydrogen-bond acceptors (Lipinski definition) is 3. The second-order valence-electron chi connectivity index (χ2n) is 6.06. The minimum atomic E-state index is -0.0848. The molecule has 0 amide bonds. The number of aryl methyl sites for hydroxylation is 1. The third-order valence-corrected chi connectivity index (χ3v) is 4.70. The summed E-state index contributed by atoms with van der Waals surface area (Å²) in [5, 5.41) is 13.1. The molecule has 2 bridgehead atoms. The standard InChI is InChI=1S/C16H24N2O/c1-11-7-13(4-3-12(11)10-17-2)18-14-5-6-15(18)9-16(19)8-14/h3-4,7,14-17,19H,5-6,8-10H2,1-2H3. The number of anilines is 1. The fraction of sp³-hybridized carbons (Fsp3) is 0.625. The van der Waals surface area contributed by atoms with E-state index in [1.165, 1.54) is 29.7 Å². The summed E-state index contributed by atoms with van der Waals surface area (Å²) >= 11 is 0. The van der Waals surface area contributed by atoms with Gasteiger partial charge in [0, 0.05) is 24.3 Å². The molecule has 3 nitrogen and oxygen atoms in total. The molecule has 0 saturated carbocycles. The summed E-state index contributed by atoms with van der Waals surface area (Å²) in [5.41, 5.74) is 4.07. The van der Waals surface area contributed by atoms with Gasteiger partial charge in [-0.1, -0.05) is 6.07 Å². The summed E-state index contributed by atoms with van der Waals surface area (Å²) in [4.78, 5) is 2.56. The van der Waals surface area contributed by atoms with Gasteiger partial charge in [-0.2, -0.15) is 0 Å². The maximum Gasteiger partial charge on any atom is 0.0579 e. The highest BCUT2D eigenvalue weighted by Gasteiger charge is 2.40. The van der Waals surface area contributed by atoms with Gasteiger partial charge >= 0.3 is 0 Å². The van der Waals surface area contributed by atoms with E-state index in [0.29, 0.717) is 12.1 Å². The number of nitrogens with one attached hydrogen (secondary N) is 1. The van der Waals surface area contributed by atoms with E-state index in [0.717, 1.165) is 19.4 Å². The van der Waals surface area contributed by atoms with Crippen molar-refractivity contribution in [3.05, 3.63) is 29.3 Å². The maximum absolute atomic E-state index is 9.89. The SMILES string of the molecule is CNCc1ccc(N2C3CCC2CC(O)C3)cc1C. The number of fused-ring (bicyclic) bond motifs is 2. The van der Waals surface area contributed by atoms with Gasteiger partial charge in [0.2, 0.25) is 0 Å². The third-order valence-electron chi connectivity index (χ3n) is 4.70. The van der Waals surface area contributed by atoms with Crippen LogP contribution < -0.4 is 10.2 Å². The van der Waals surface area contributed by atoms with Crippen LogP contribution in [-0.2, 0) is 6.54 Å². The average molecular weight is 260 g/mol. The molecule has 2 unspecified atom stereocenters. The molecule has 2 atom stereocenters. The molecule has 1 aromatic rings. The van der Waals surface area contributed by atoms with E-state index in [-0.39, 0.29) is 6.10 Å². The number of rotatable bonds is 3. The van der Waals surface area contributed by atoms with E-state index in [1.54, 1.807) is 0 Å². The minimum Gasteiger partial charge on any atom is -0.393 e. The monoisotopic (exact) mass is 260 g/mol. The predicted molar refractivity (Wildman–Crippen MR) is 78.5 cm³/mol. The molecule has 2 aliphatic heterocycles. The summed E-state index contributed by atoms with van der Waals surface area (Å²) in [6.45, 7) is 3.12. The van der Waals surface area contributed by atoms with E-state index in [4.69, 9.17) is 0 Å². The van der Waals surface area contributed by atoms with Crippen molar-refractivity contribution in [1.82, 2.24) is 5.32 Å². The number of benzene rings is 1. The quantitative estimate of drug-likeness (QED) is 0.874. The molecule has 0 aliphatic carbocycles. The van der Waals surface area contributed by atoms with Gasteiger partial charge in [-0.05, 0) is 62.9 Å². The number of piperidine rings is 1. The maximum atomic E-state index is 9.89. The van der Waals surface area contributed by atoms with E-state index in [1.807, 2.05) is 7.05 Å². The van der Waals surface area contributed by atoms with Crippen molar-refractivity contribution in [3.8, 4) is 0 Å². The molecule has 2 saturated heterocycles. The second kappa shape index (κ2) is 5.14. The summed E-state index contributed by atoms with van der Waals surface area (Å²) in [6, 6.07) is 7.90. The molecule has 0 spiro atoms. The number of hydrogen-bond donors (Lipinski definition) is 2. The Hall–Kier alpha value is -1.06. The molecule has 2 fully saturated rings. The van der Waals surface area contributed by atoms with Crippen molar-refractivity contribution in [2.24, 2.45) is 0 Å². The topological polar surface area (TPSA) is 35.5 Å². The van der Waals surface area contributed by atoms with E-state index in [9.17, 15) is 5.11 Å². The first-order valence-electron chi connectivity index (χ1n) is 7.39. The number of nitrogens with zero attached hydrogens (tertiary/aromatic N) is 1. The van der Waals surface area contributed by atoms with Crippen LogP contribution in [0.4, 0.5) is 5.69 Å². The van der Waals surface area contributed by atoms with Crippen molar-refractivity contribution in [1.29, 1.82) is 0 Å². The molecule has 0 aromatic heterocycles. The van der Waals surface area contributed by atoms with Crippen LogP contribution >= 0.6 is 0 Å². The molecule has 0 radical (unpaired) electrons. The first kappa shape index (κ1) is 12.9. The van der Waals surface area contributed by atoms with Crippen LogP contribution in [0.3, 0.4) is 0 Å². The molecule has 3 heteroatoms. The van der Waals surface area contributed by atoms with Crippen LogP contribution in [0.15, 0.2) is 18.2 Å². The molecule has 3 rings (SSSR count). The molecular weight excluding hydrogens is 236 g/mol. The lowest BCUT2D eigenvalue weighted by Gasteiger charge is -2.39. The summed E-state index contributed by atoms with van der Waals surface area (Å²) in [7, 11) is 1.99. The largest absolute Gasteiger partial charge is 0.393 e. The molecule has 19 heavy (non-hydrogen) atoms. The fourth-order valence-corrected chi connectivity index (χ4v) is 3.80. The van der Waals surface area contributed by atoms with Crippen LogP contribution in [0.2, 0.25) is 0 Å². The smallest absolute Gasteiger partial charge is 0.0579 e.